The van der Waals surface area contributed by atoms with Crippen LogP contribution in [0.25, 0.3) is 10.2 Å². The monoisotopic (exact) mass is 410 g/mol. The number of amides is 2. The van der Waals surface area contributed by atoms with Crippen LogP contribution < -0.4 is 0 Å². The highest BCUT2D eigenvalue weighted by Gasteiger charge is 2.35. The number of benzene rings is 2. The van der Waals surface area contributed by atoms with Crippen LogP contribution in [-0.4, -0.2) is 47.9 Å². The van der Waals surface area contributed by atoms with Gasteiger partial charge in [-0.25, -0.2) is 9.78 Å². The van der Waals surface area contributed by atoms with Crippen molar-refractivity contribution in [1.29, 1.82) is 0 Å². The number of hydrogen-bond acceptors (Lipinski definition) is 7. The number of aromatic nitrogens is 1. The van der Waals surface area contributed by atoms with E-state index in [0.717, 1.165) is 10.2 Å². The summed E-state index contributed by atoms with van der Waals surface area (Å²) in [5, 5.41) is 0.691. The number of fused-ring (bicyclic) bond motifs is 2. The largest absolute Gasteiger partial charge is 0.455 e. The average molecular weight is 410 g/mol. The number of esters is 1. The molecule has 0 unspecified atom stereocenters. The number of thiazole rings is 1. The van der Waals surface area contributed by atoms with Gasteiger partial charge in [-0.3, -0.25) is 14.5 Å². The van der Waals surface area contributed by atoms with Crippen molar-refractivity contribution in [3.63, 3.8) is 0 Å². The number of hydrogen-bond donors (Lipinski definition) is 0. The summed E-state index contributed by atoms with van der Waals surface area (Å²) in [6.45, 7) is 0.777. The Morgan fingerprint density at radius 2 is 1.90 bits per heavy atom. The van der Waals surface area contributed by atoms with Crippen molar-refractivity contribution >= 4 is 39.3 Å². The van der Waals surface area contributed by atoms with E-state index in [-0.39, 0.29) is 30.2 Å². The van der Waals surface area contributed by atoms with Crippen LogP contribution in [0.2, 0.25) is 0 Å². The van der Waals surface area contributed by atoms with E-state index in [9.17, 15) is 14.4 Å². The maximum atomic E-state index is 12.6. The molecule has 2 heterocycles. The van der Waals surface area contributed by atoms with Gasteiger partial charge in [0, 0.05) is 20.3 Å². The van der Waals surface area contributed by atoms with Crippen LogP contribution in [0.4, 0.5) is 0 Å². The Bertz CT molecular complexity index is 1070. The number of rotatable bonds is 7. The van der Waals surface area contributed by atoms with E-state index in [0.29, 0.717) is 23.6 Å². The van der Waals surface area contributed by atoms with Crippen molar-refractivity contribution < 1.29 is 23.9 Å². The number of nitrogens with zero attached hydrogens (tertiary/aromatic N) is 2. The van der Waals surface area contributed by atoms with Gasteiger partial charge in [0.1, 0.15) is 11.6 Å². The third-order valence-corrected chi connectivity index (χ3v) is 5.61. The number of imide groups is 1. The molecule has 0 N–H and O–H groups in total. The molecule has 0 fully saturated rings. The van der Waals surface area contributed by atoms with E-state index in [2.05, 4.69) is 4.98 Å². The van der Waals surface area contributed by atoms with Crippen molar-refractivity contribution in [3.8, 4) is 0 Å². The molecule has 0 saturated carbocycles. The van der Waals surface area contributed by atoms with Gasteiger partial charge in [0.2, 0.25) is 0 Å². The fourth-order valence-corrected chi connectivity index (χ4v) is 4.06. The van der Waals surface area contributed by atoms with Crippen molar-refractivity contribution in [2.24, 2.45) is 0 Å². The Kier molecular flexibility index (Phi) is 5.37. The number of carbonyl (C=O) groups excluding carboxylic acids is 3. The van der Waals surface area contributed by atoms with Crippen LogP contribution in [0.15, 0.2) is 42.5 Å². The van der Waals surface area contributed by atoms with Gasteiger partial charge in [0.05, 0.1) is 26.9 Å². The molecule has 4 rings (SSSR count). The van der Waals surface area contributed by atoms with Crippen LogP contribution in [0.5, 0.6) is 0 Å². The van der Waals surface area contributed by atoms with Crippen LogP contribution in [0, 0.1) is 0 Å². The van der Waals surface area contributed by atoms with Crippen molar-refractivity contribution in [2.45, 2.75) is 13.0 Å². The van der Waals surface area contributed by atoms with E-state index in [4.69, 9.17) is 9.47 Å². The van der Waals surface area contributed by atoms with E-state index in [1.54, 1.807) is 7.11 Å². The fourth-order valence-electron chi connectivity index (χ4n) is 3.18. The highest BCUT2D eigenvalue weighted by Crippen LogP contribution is 2.25. The van der Waals surface area contributed by atoms with Crippen LogP contribution in [0.1, 0.15) is 42.5 Å². The molecule has 148 valence electrons. The van der Waals surface area contributed by atoms with Crippen molar-refractivity contribution in [3.05, 3.63) is 64.2 Å². The lowest BCUT2D eigenvalue weighted by atomic mass is 10.1. The second kappa shape index (κ2) is 8.10. The molecule has 8 heteroatoms. The minimum atomic E-state index is -0.565. The van der Waals surface area contributed by atoms with Gasteiger partial charge in [0.25, 0.3) is 11.8 Å². The number of para-hydroxylation sites is 1. The van der Waals surface area contributed by atoms with Gasteiger partial charge in [-0.1, -0.05) is 12.1 Å². The molecule has 1 aliphatic rings. The third-order valence-electron chi connectivity index (χ3n) is 4.60. The molecule has 3 aromatic rings. The molecule has 0 radical (unpaired) electrons. The maximum Gasteiger partial charge on any atom is 0.338 e. The molecule has 2 amide bonds. The summed E-state index contributed by atoms with van der Waals surface area (Å²) in [5.41, 5.74) is 1.61. The normalized spacial score (nSPS) is 13.2. The molecule has 2 aromatic carbocycles. The molecule has 0 bridgehead atoms. The van der Waals surface area contributed by atoms with Gasteiger partial charge in [-0.2, -0.15) is 0 Å². The SMILES string of the molecule is COCCCN1C(=O)c2ccc(C(=O)OCc3nc4ccccc4s3)cc2C1=O. The van der Waals surface area contributed by atoms with Crippen molar-refractivity contribution in [1.82, 2.24) is 9.88 Å². The van der Waals surface area contributed by atoms with E-state index >= 15 is 0 Å². The minimum Gasteiger partial charge on any atom is -0.455 e. The highest BCUT2D eigenvalue weighted by molar-refractivity contribution is 7.18. The summed E-state index contributed by atoms with van der Waals surface area (Å²) >= 11 is 1.46. The summed E-state index contributed by atoms with van der Waals surface area (Å²) in [4.78, 5) is 43.0. The molecule has 0 saturated heterocycles. The minimum absolute atomic E-state index is 0.0469. The van der Waals surface area contributed by atoms with Gasteiger partial charge < -0.3 is 9.47 Å². The predicted molar refractivity (Wildman–Crippen MR) is 107 cm³/mol. The first-order valence-electron chi connectivity index (χ1n) is 9.09. The van der Waals surface area contributed by atoms with Crippen LogP contribution in [0.3, 0.4) is 0 Å². The zero-order valence-corrected chi connectivity index (χ0v) is 16.5. The predicted octanol–water partition coefficient (Wildman–Crippen LogP) is 3.29. The number of carbonyl (C=O) groups is 3. The van der Waals surface area contributed by atoms with Crippen LogP contribution in [-0.2, 0) is 16.1 Å². The second-order valence-electron chi connectivity index (χ2n) is 6.52. The van der Waals surface area contributed by atoms with Gasteiger partial charge in [-0.15, -0.1) is 11.3 Å². The standard InChI is InChI=1S/C21H18N2O5S/c1-27-10-4-9-23-19(24)14-8-7-13(11-15(14)20(23)25)21(26)28-12-18-22-16-5-2-3-6-17(16)29-18/h2-3,5-8,11H,4,9-10,12H2,1H3. The van der Waals surface area contributed by atoms with Gasteiger partial charge in [0.15, 0.2) is 0 Å². The molecule has 29 heavy (non-hydrogen) atoms. The zero-order chi connectivity index (χ0) is 20.4. The number of ether oxygens (including phenoxy) is 2. The Morgan fingerprint density at radius 1 is 1.10 bits per heavy atom. The van der Waals surface area contributed by atoms with Gasteiger partial charge in [-0.05, 0) is 36.8 Å². The molecule has 0 aliphatic carbocycles. The molecular formula is C21H18N2O5S. The molecule has 0 atom stereocenters. The summed E-state index contributed by atoms with van der Waals surface area (Å²) in [6, 6.07) is 12.1. The lowest BCUT2D eigenvalue weighted by molar-refractivity contribution is 0.0472. The van der Waals surface area contributed by atoms with Gasteiger partial charge >= 0.3 is 5.97 Å². The topological polar surface area (TPSA) is 85.8 Å². The third kappa shape index (κ3) is 3.76. The fraction of sp³-hybridized carbons (Fsp3) is 0.238. The Hall–Kier alpha value is -3.10. The summed E-state index contributed by atoms with van der Waals surface area (Å²) in [6.07, 6.45) is 0.555. The smallest absolute Gasteiger partial charge is 0.338 e. The zero-order valence-electron chi connectivity index (χ0n) is 15.7. The summed E-state index contributed by atoms with van der Waals surface area (Å²) < 4.78 is 11.3. The Morgan fingerprint density at radius 3 is 2.69 bits per heavy atom. The van der Waals surface area contributed by atoms with E-state index in [1.807, 2.05) is 24.3 Å². The Labute approximate surface area is 170 Å². The first-order chi connectivity index (χ1) is 14.1. The molecule has 7 nitrogen and oxygen atoms in total. The van der Waals surface area contributed by atoms with Crippen molar-refractivity contribution in [2.75, 3.05) is 20.3 Å². The number of methoxy groups -OCH3 is 1. The molecular weight excluding hydrogens is 392 g/mol. The first-order valence-corrected chi connectivity index (χ1v) is 9.91. The van der Waals surface area contributed by atoms with E-state index in [1.165, 1.54) is 34.4 Å². The second-order valence-corrected chi connectivity index (χ2v) is 7.64. The summed E-state index contributed by atoms with van der Waals surface area (Å²) in [5.74, 6) is -1.32. The quantitative estimate of drug-likeness (QED) is 0.338. The maximum absolute atomic E-state index is 12.6. The molecule has 1 aromatic heterocycles. The molecule has 1 aliphatic heterocycles. The Balaban J connectivity index is 1.45. The molecule has 0 spiro atoms. The lowest BCUT2D eigenvalue weighted by Crippen LogP contribution is -2.31. The highest BCUT2D eigenvalue weighted by atomic mass is 32.1. The first kappa shape index (κ1) is 19.2. The average Bonchev–Trinajstić information content (AvgIpc) is 3.26. The lowest BCUT2D eigenvalue weighted by Gasteiger charge is -2.12. The van der Waals surface area contributed by atoms with Crippen LogP contribution >= 0.6 is 11.3 Å². The summed E-state index contributed by atoms with van der Waals surface area (Å²) in [7, 11) is 1.56. The van der Waals surface area contributed by atoms with E-state index < -0.39 is 11.9 Å².